The number of carbonyl (C=O) groups is 2. The third-order valence-electron chi connectivity index (χ3n) is 3.26. The lowest BCUT2D eigenvalue weighted by Crippen LogP contribution is -2.29. The molecule has 0 bridgehead atoms. The molecule has 1 aliphatic rings. The minimum absolute atomic E-state index is 0.0413. The van der Waals surface area contributed by atoms with E-state index in [1.165, 1.54) is 12.1 Å². The highest BCUT2D eigenvalue weighted by Crippen LogP contribution is 2.33. The fourth-order valence-corrected chi connectivity index (χ4v) is 2.29. The highest BCUT2D eigenvalue weighted by molar-refractivity contribution is 6.52. The number of carbonyl (C=O) groups excluding carboxylic acids is 2. The normalized spacial score (nSPS) is 13.7. The lowest BCUT2D eigenvalue weighted by Gasteiger charge is -2.17. The maximum atomic E-state index is 13.9. The van der Waals surface area contributed by atoms with Crippen molar-refractivity contribution in [2.45, 2.75) is 6.54 Å². The van der Waals surface area contributed by atoms with Gasteiger partial charge in [0.15, 0.2) is 5.82 Å². The van der Waals surface area contributed by atoms with Crippen LogP contribution in [0.1, 0.15) is 15.9 Å². The maximum Gasteiger partial charge on any atom is 0.299 e. The lowest BCUT2D eigenvalue weighted by molar-refractivity contribution is -0.114. The summed E-state index contributed by atoms with van der Waals surface area (Å²) in [4.78, 5) is 24.7. The van der Waals surface area contributed by atoms with Crippen LogP contribution < -0.4 is 4.90 Å². The van der Waals surface area contributed by atoms with Crippen molar-refractivity contribution < 1.29 is 23.5 Å². The van der Waals surface area contributed by atoms with E-state index in [0.29, 0.717) is 11.6 Å². The molecule has 0 saturated heterocycles. The second-order valence-electron chi connectivity index (χ2n) is 4.67. The first kappa shape index (κ1) is 13.2. The largest absolute Gasteiger partial charge is 0.508 e. The number of phenols is 1. The molecule has 4 nitrogen and oxygen atoms in total. The molecule has 3 rings (SSSR count). The summed E-state index contributed by atoms with van der Waals surface area (Å²) in [5, 5.41) is 9.21. The van der Waals surface area contributed by atoms with Crippen molar-refractivity contribution in [3.8, 4) is 5.75 Å². The standard InChI is InChI=1S/C15H9F2NO3/c16-9-5-11-13(12(17)6-9)18(15(21)14(11)20)7-8-1-3-10(19)4-2-8/h1-6,19H,7H2. The Morgan fingerprint density at radius 3 is 2.38 bits per heavy atom. The fraction of sp³-hybridized carbons (Fsp3) is 0.0667. The zero-order valence-corrected chi connectivity index (χ0v) is 10.6. The summed E-state index contributed by atoms with van der Waals surface area (Å²) >= 11 is 0. The van der Waals surface area contributed by atoms with Crippen LogP contribution in [0.5, 0.6) is 5.75 Å². The van der Waals surface area contributed by atoms with Crippen LogP contribution in [0.15, 0.2) is 36.4 Å². The maximum absolute atomic E-state index is 13.9. The SMILES string of the molecule is O=C1C(=O)N(Cc2ccc(O)cc2)c2c(F)cc(F)cc21. The van der Waals surface area contributed by atoms with E-state index in [4.69, 9.17) is 0 Å². The molecule has 0 aromatic heterocycles. The average Bonchev–Trinajstić information content (AvgIpc) is 2.67. The second-order valence-corrected chi connectivity index (χ2v) is 4.67. The van der Waals surface area contributed by atoms with Crippen LogP contribution in [0.25, 0.3) is 0 Å². The third kappa shape index (κ3) is 2.14. The van der Waals surface area contributed by atoms with E-state index in [2.05, 4.69) is 0 Å². The first-order valence-electron chi connectivity index (χ1n) is 6.10. The Bertz CT molecular complexity index is 756. The van der Waals surface area contributed by atoms with Crippen molar-refractivity contribution in [2.24, 2.45) is 0 Å². The third-order valence-corrected chi connectivity index (χ3v) is 3.26. The number of rotatable bonds is 2. The molecule has 0 fully saturated rings. The number of hydrogen-bond donors (Lipinski definition) is 1. The van der Waals surface area contributed by atoms with Gasteiger partial charge in [-0.1, -0.05) is 12.1 Å². The summed E-state index contributed by atoms with van der Waals surface area (Å²) in [6.07, 6.45) is 0. The van der Waals surface area contributed by atoms with Crippen LogP contribution in [0.2, 0.25) is 0 Å². The van der Waals surface area contributed by atoms with Crippen molar-refractivity contribution in [2.75, 3.05) is 4.90 Å². The molecule has 1 N–H and O–H groups in total. The number of benzene rings is 2. The summed E-state index contributed by atoms with van der Waals surface area (Å²) < 4.78 is 27.1. The molecule has 1 amide bonds. The predicted octanol–water partition coefficient (Wildman–Crippen LogP) is 2.40. The molecule has 0 unspecified atom stereocenters. The van der Waals surface area contributed by atoms with Crippen molar-refractivity contribution in [1.29, 1.82) is 0 Å². The number of anilines is 1. The molecule has 21 heavy (non-hydrogen) atoms. The molecule has 2 aromatic rings. The second kappa shape index (κ2) is 4.66. The summed E-state index contributed by atoms with van der Waals surface area (Å²) in [5.74, 6) is -3.64. The minimum Gasteiger partial charge on any atom is -0.508 e. The number of hydrogen-bond acceptors (Lipinski definition) is 3. The van der Waals surface area contributed by atoms with Crippen LogP contribution >= 0.6 is 0 Å². The number of Topliss-reactive ketones (excluding diaryl/α,β-unsaturated/α-hetero) is 1. The molecule has 0 aliphatic carbocycles. The van der Waals surface area contributed by atoms with Gasteiger partial charge in [0.05, 0.1) is 17.8 Å². The van der Waals surface area contributed by atoms with Gasteiger partial charge in [-0.25, -0.2) is 8.78 Å². The van der Waals surface area contributed by atoms with Crippen LogP contribution in [0.3, 0.4) is 0 Å². The van der Waals surface area contributed by atoms with Crippen LogP contribution in [-0.4, -0.2) is 16.8 Å². The van der Waals surface area contributed by atoms with Gasteiger partial charge < -0.3 is 5.11 Å². The molecular weight excluding hydrogens is 280 g/mol. The number of fused-ring (bicyclic) bond motifs is 1. The molecule has 1 heterocycles. The molecular formula is C15H9F2NO3. The monoisotopic (exact) mass is 289 g/mol. The number of nitrogens with zero attached hydrogens (tertiary/aromatic N) is 1. The van der Waals surface area contributed by atoms with Gasteiger partial charge in [0.2, 0.25) is 0 Å². The molecule has 6 heteroatoms. The first-order valence-corrected chi connectivity index (χ1v) is 6.10. The Labute approximate surface area is 118 Å². The highest BCUT2D eigenvalue weighted by Gasteiger charge is 2.38. The van der Waals surface area contributed by atoms with Crippen molar-refractivity contribution >= 4 is 17.4 Å². The van der Waals surface area contributed by atoms with E-state index >= 15 is 0 Å². The van der Waals surface area contributed by atoms with Crippen LogP contribution in [-0.2, 0) is 11.3 Å². The summed E-state index contributed by atoms with van der Waals surface area (Å²) in [6.45, 7) is -0.0413. The van der Waals surface area contributed by atoms with Gasteiger partial charge in [0.25, 0.3) is 11.7 Å². The zero-order valence-electron chi connectivity index (χ0n) is 10.6. The molecule has 0 atom stereocenters. The van der Waals surface area contributed by atoms with E-state index in [9.17, 15) is 23.5 Å². The quantitative estimate of drug-likeness (QED) is 0.864. The number of ketones is 1. The van der Waals surface area contributed by atoms with Crippen molar-refractivity contribution in [1.82, 2.24) is 0 Å². The molecule has 2 aromatic carbocycles. The van der Waals surface area contributed by atoms with Gasteiger partial charge in [-0.2, -0.15) is 0 Å². The average molecular weight is 289 g/mol. The molecule has 106 valence electrons. The van der Waals surface area contributed by atoms with E-state index in [-0.39, 0.29) is 23.5 Å². The van der Waals surface area contributed by atoms with Gasteiger partial charge in [0, 0.05) is 6.07 Å². The molecule has 0 radical (unpaired) electrons. The number of amides is 1. The van der Waals surface area contributed by atoms with Gasteiger partial charge in [0.1, 0.15) is 11.6 Å². The highest BCUT2D eigenvalue weighted by atomic mass is 19.1. The van der Waals surface area contributed by atoms with E-state index < -0.39 is 23.3 Å². The fourth-order valence-electron chi connectivity index (χ4n) is 2.29. The predicted molar refractivity (Wildman–Crippen MR) is 70.0 cm³/mol. The van der Waals surface area contributed by atoms with Gasteiger partial charge in [-0.3, -0.25) is 14.5 Å². The van der Waals surface area contributed by atoms with Crippen LogP contribution in [0.4, 0.5) is 14.5 Å². The Morgan fingerprint density at radius 1 is 1.05 bits per heavy atom. The Hall–Kier alpha value is -2.76. The van der Waals surface area contributed by atoms with Gasteiger partial charge in [-0.15, -0.1) is 0 Å². The Morgan fingerprint density at radius 2 is 1.71 bits per heavy atom. The number of aromatic hydroxyl groups is 1. The van der Waals surface area contributed by atoms with Gasteiger partial charge >= 0.3 is 0 Å². The summed E-state index contributed by atoms with van der Waals surface area (Å²) in [6, 6.07) is 7.42. The number of halogens is 2. The summed E-state index contributed by atoms with van der Waals surface area (Å²) in [7, 11) is 0. The molecule has 0 saturated carbocycles. The van der Waals surface area contributed by atoms with Crippen molar-refractivity contribution in [3.05, 3.63) is 59.2 Å². The van der Waals surface area contributed by atoms with E-state index in [1.54, 1.807) is 12.1 Å². The minimum atomic E-state index is -0.956. The smallest absolute Gasteiger partial charge is 0.299 e. The van der Waals surface area contributed by atoms with E-state index in [0.717, 1.165) is 11.0 Å². The van der Waals surface area contributed by atoms with E-state index in [1.807, 2.05) is 0 Å². The van der Waals surface area contributed by atoms with Crippen molar-refractivity contribution in [3.63, 3.8) is 0 Å². The molecule has 1 aliphatic heterocycles. The summed E-state index contributed by atoms with van der Waals surface area (Å²) in [5.41, 5.74) is 0.126. The first-order chi connectivity index (χ1) is 9.97. The molecule has 0 spiro atoms. The lowest BCUT2D eigenvalue weighted by atomic mass is 10.1. The number of phenolic OH excluding ortho intramolecular Hbond substituents is 1. The van der Waals surface area contributed by atoms with Gasteiger partial charge in [-0.05, 0) is 23.8 Å². The topological polar surface area (TPSA) is 57.6 Å². The Kier molecular flexibility index (Phi) is 2.94. The Balaban J connectivity index is 2.03. The zero-order chi connectivity index (χ0) is 15.1. The van der Waals surface area contributed by atoms with Crippen LogP contribution in [0, 0.1) is 11.6 Å².